The molecule has 0 saturated carbocycles. The van der Waals surface area contributed by atoms with Gasteiger partial charge in [-0.3, -0.25) is 0 Å². The maximum absolute atomic E-state index is 5.98. The summed E-state index contributed by atoms with van der Waals surface area (Å²) in [6.45, 7) is 4.76. The highest BCUT2D eigenvalue weighted by atomic mass is 16.5. The van der Waals surface area contributed by atoms with Crippen molar-refractivity contribution in [2.24, 2.45) is 0 Å². The smallest absolute Gasteiger partial charge is 0.161 e. The zero-order valence-corrected chi connectivity index (χ0v) is 17.2. The predicted molar refractivity (Wildman–Crippen MR) is 117 cm³/mol. The molecule has 0 atom stereocenters. The molecule has 3 aromatic carbocycles. The van der Waals surface area contributed by atoms with Crippen LogP contribution in [0.25, 0.3) is 0 Å². The van der Waals surface area contributed by atoms with Crippen LogP contribution in [-0.2, 0) is 19.6 Å². The normalized spacial score (nSPS) is 10.6. The van der Waals surface area contributed by atoms with Crippen molar-refractivity contribution in [2.75, 3.05) is 20.3 Å². The predicted octanol–water partition coefficient (Wildman–Crippen LogP) is 5.01. The van der Waals surface area contributed by atoms with Gasteiger partial charge < -0.3 is 19.5 Å². The average molecular weight is 392 g/mol. The van der Waals surface area contributed by atoms with Crippen molar-refractivity contribution in [3.63, 3.8) is 0 Å². The molecule has 4 heteroatoms. The van der Waals surface area contributed by atoms with Crippen LogP contribution in [0.1, 0.15) is 23.6 Å². The molecule has 0 spiro atoms. The van der Waals surface area contributed by atoms with Gasteiger partial charge in [-0.1, -0.05) is 54.6 Å². The van der Waals surface area contributed by atoms with Crippen LogP contribution < -0.4 is 19.5 Å². The minimum absolute atomic E-state index is 0.525. The van der Waals surface area contributed by atoms with Gasteiger partial charge in [0.25, 0.3) is 0 Å². The molecule has 152 valence electrons. The number of ether oxygens (including phenoxy) is 3. The van der Waals surface area contributed by atoms with Crippen molar-refractivity contribution >= 4 is 0 Å². The maximum atomic E-state index is 5.98. The minimum atomic E-state index is 0.525. The zero-order valence-electron chi connectivity index (χ0n) is 17.2. The van der Waals surface area contributed by atoms with Gasteiger partial charge in [-0.25, -0.2) is 0 Å². The van der Waals surface area contributed by atoms with E-state index in [2.05, 4.69) is 35.6 Å². The maximum Gasteiger partial charge on any atom is 0.161 e. The molecule has 0 unspecified atom stereocenters. The molecule has 3 aromatic rings. The largest absolute Gasteiger partial charge is 0.496 e. The highest BCUT2D eigenvalue weighted by Crippen LogP contribution is 2.29. The number of rotatable bonds is 11. The van der Waals surface area contributed by atoms with Crippen molar-refractivity contribution in [1.82, 2.24) is 5.32 Å². The van der Waals surface area contributed by atoms with E-state index in [1.807, 2.05) is 49.4 Å². The summed E-state index contributed by atoms with van der Waals surface area (Å²) in [6, 6.07) is 24.4. The fourth-order valence-electron chi connectivity index (χ4n) is 3.15. The Morgan fingerprint density at radius 1 is 0.759 bits per heavy atom. The summed E-state index contributed by atoms with van der Waals surface area (Å²) in [4.78, 5) is 0. The van der Waals surface area contributed by atoms with Crippen LogP contribution >= 0.6 is 0 Å². The van der Waals surface area contributed by atoms with Gasteiger partial charge in [0.05, 0.1) is 13.7 Å². The lowest BCUT2D eigenvalue weighted by atomic mass is 10.1. The standard InChI is InChI=1S/C25H29NO3/c1-3-28-25-17-21(13-14-24(25)29-19-20-9-5-4-6-10-20)18-26-16-15-22-11-7-8-12-23(22)27-2/h4-14,17,26H,3,15-16,18-19H2,1-2H3. The Labute approximate surface area is 173 Å². The van der Waals surface area contributed by atoms with Crippen molar-refractivity contribution in [3.05, 3.63) is 89.5 Å². The Morgan fingerprint density at radius 3 is 2.34 bits per heavy atom. The zero-order chi connectivity index (χ0) is 20.3. The monoisotopic (exact) mass is 391 g/mol. The summed E-state index contributed by atoms with van der Waals surface area (Å²) in [5, 5.41) is 3.50. The molecule has 0 aromatic heterocycles. The van der Waals surface area contributed by atoms with Crippen LogP contribution in [0.3, 0.4) is 0 Å². The molecule has 0 bridgehead atoms. The highest BCUT2D eigenvalue weighted by molar-refractivity contribution is 5.43. The molecular weight excluding hydrogens is 362 g/mol. The van der Waals surface area contributed by atoms with Crippen LogP contribution in [0.15, 0.2) is 72.8 Å². The van der Waals surface area contributed by atoms with Gasteiger partial charge in [0.2, 0.25) is 0 Å². The minimum Gasteiger partial charge on any atom is -0.496 e. The van der Waals surface area contributed by atoms with Gasteiger partial charge in [-0.15, -0.1) is 0 Å². The summed E-state index contributed by atoms with van der Waals surface area (Å²) in [5.41, 5.74) is 3.51. The van der Waals surface area contributed by atoms with Crippen LogP contribution in [0.2, 0.25) is 0 Å². The Kier molecular flexibility index (Phi) is 7.96. The van der Waals surface area contributed by atoms with Crippen molar-refractivity contribution in [1.29, 1.82) is 0 Å². The van der Waals surface area contributed by atoms with E-state index in [-0.39, 0.29) is 0 Å². The molecule has 29 heavy (non-hydrogen) atoms. The van der Waals surface area contributed by atoms with E-state index in [1.54, 1.807) is 7.11 Å². The fourth-order valence-corrected chi connectivity index (χ4v) is 3.15. The van der Waals surface area contributed by atoms with E-state index in [1.165, 1.54) is 11.1 Å². The third-order valence-corrected chi connectivity index (χ3v) is 4.64. The first-order valence-corrected chi connectivity index (χ1v) is 10.0. The Morgan fingerprint density at radius 2 is 1.55 bits per heavy atom. The molecular formula is C25H29NO3. The lowest BCUT2D eigenvalue weighted by Gasteiger charge is -2.14. The van der Waals surface area contributed by atoms with Gasteiger partial charge in [0, 0.05) is 6.54 Å². The van der Waals surface area contributed by atoms with Crippen LogP contribution in [0.4, 0.5) is 0 Å². The number of nitrogens with one attached hydrogen (secondary N) is 1. The molecule has 4 nitrogen and oxygen atoms in total. The molecule has 0 aliphatic rings. The van der Waals surface area contributed by atoms with Gasteiger partial charge in [-0.05, 0) is 54.8 Å². The summed E-state index contributed by atoms with van der Waals surface area (Å²) < 4.78 is 17.2. The quantitative estimate of drug-likeness (QED) is 0.467. The first-order chi connectivity index (χ1) is 14.3. The lowest BCUT2D eigenvalue weighted by molar-refractivity contribution is 0.269. The molecule has 1 N–H and O–H groups in total. The van der Waals surface area contributed by atoms with E-state index in [0.717, 1.165) is 42.3 Å². The van der Waals surface area contributed by atoms with E-state index in [4.69, 9.17) is 14.2 Å². The van der Waals surface area contributed by atoms with Crippen molar-refractivity contribution in [3.8, 4) is 17.2 Å². The van der Waals surface area contributed by atoms with Crippen LogP contribution in [-0.4, -0.2) is 20.3 Å². The molecule has 0 heterocycles. The molecule has 0 radical (unpaired) electrons. The van der Waals surface area contributed by atoms with E-state index in [0.29, 0.717) is 13.2 Å². The molecule has 0 amide bonds. The van der Waals surface area contributed by atoms with E-state index in [9.17, 15) is 0 Å². The molecule has 3 rings (SSSR count). The number of benzene rings is 3. The van der Waals surface area contributed by atoms with E-state index >= 15 is 0 Å². The number of para-hydroxylation sites is 1. The number of hydrogen-bond donors (Lipinski definition) is 1. The Hall–Kier alpha value is -2.98. The number of methoxy groups -OCH3 is 1. The summed E-state index contributed by atoms with van der Waals surface area (Å²) in [7, 11) is 1.71. The molecule has 0 fully saturated rings. The Balaban J connectivity index is 1.55. The summed E-state index contributed by atoms with van der Waals surface area (Å²) in [5.74, 6) is 2.49. The first-order valence-electron chi connectivity index (χ1n) is 10.0. The summed E-state index contributed by atoms with van der Waals surface area (Å²) >= 11 is 0. The van der Waals surface area contributed by atoms with Crippen LogP contribution in [0, 0.1) is 0 Å². The lowest BCUT2D eigenvalue weighted by Crippen LogP contribution is -2.17. The second-order valence-corrected chi connectivity index (χ2v) is 6.73. The summed E-state index contributed by atoms with van der Waals surface area (Å²) in [6.07, 6.45) is 0.917. The fraction of sp³-hybridized carbons (Fsp3) is 0.280. The second kappa shape index (κ2) is 11.1. The second-order valence-electron chi connectivity index (χ2n) is 6.73. The molecule has 0 saturated heterocycles. The Bertz CT molecular complexity index is 880. The van der Waals surface area contributed by atoms with Crippen molar-refractivity contribution < 1.29 is 14.2 Å². The molecule has 0 aliphatic carbocycles. The average Bonchev–Trinajstić information content (AvgIpc) is 2.77. The van der Waals surface area contributed by atoms with Gasteiger partial charge >= 0.3 is 0 Å². The first kappa shape index (κ1) is 20.7. The highest BCUT2D eigenvalue weighted by Gasteiger charge is 2.07. The third-order valence-electron chi connectivity index (χ3n) is 4.64. The third kappa shape index (κ3) is 6.26. The van der Waals surface area contributed by atoms with Gasteiger partial charge in [0.15, 0.2) is 11.5 Å². The topological polar surface area (TPSA) is 39.7 Å². The van der Waals surface area contributed by atoms with E-state index < -0.39 is 0 Å². The van der Waals surface area contributed by atoms with Gasteiger partial charge in [0.1, 0.15) is 12.4 Å². The van der Waals surface area contributed by atoms with Crippen molar-refractivity contribution in [2.45, 2.75) is 26.5 Å². The van der Waals surface area contributed by atoms with Crippen LogP contribution in [0.5, 0.6) is 17.2 Å². The van der Waals surface area contributed by atoms with Gasteiger partial charge in [-0.2, -0.15) is 0 Å². The number of hydrogen-bond acceptors (Lipinski definition) is 4. The SMILES string of the molecule is CCOc1cc(CNCCc2ccccc2OC)ccc1OCc1ccccc1. The molecule has 0 aliphatic heterocycles.